The highest BCUT2D eigenvalue weighted by molar-refractivity contribution is 5.94. The van der Waals surface area contributed by atoms with E-state index in [0.717, 1.165) is 18.4 Å². The summed E-state index contributed by atoms with van der Waals surface area (Å²) in [5, 5.41) is 20.7. The molecule has 0 saturated carbocycles. The summed E-state index contributed by atoms with van der Waals surface area (Å²) < 4.78 is 1.64. The molecule has 0 radical (unpaired) electrons. The number of nitrogens with zero attached hydrogens (tertiary/aromatic N) is 6. The molecule has 1 amide bonds. The third kappa shape index (κ3) is 4.44. The summed E-state index contributed by atoms with van der Waals surface area (Å²) in [6, 6.07) is 7.88. The minimum Gasteiger partial charge on any atom is -0.396 e. The van der Waals surface area contributed by atoms with Crippen LogP contribution < -0.4 is 0 Å². The molecular weight excluding hydrogens is 332 g/mol. The Balaban J connectivity index is 1.71. The number of aromatic nitrogens is 4. The Morgan fingerprint density at radius 3 is 2.62 bits per heavy atom. The maximum Gasteiger partial charge on any atom is 0.253 e. The molecule has 1 N–H and O–H groups in total. The van der Waals surface area contributed by atoms with Gasteiger partial charge in [-0.25, -0.2) is 4.68 Å². The van der Waals surface area contributed by atoms with Crippen molar-refractivity contribution in [1.82, 2.24) is 30.0 Å². The number of aliphatic hydroxyl groups is 1. The van der Waals surface area contributed by atoms with Crippen molar-refractivity contribution in [3.8, 4) is 0 Å². The fraction of sp³-hybridized carbons (Fsp3) is 0.556. The Hall–Kier alpha value is -2.32. The lowest BCUT2D eigenvalue weighted by atomic mass is 10.0. The molecule has 2 aromatic rings. The normalized spacial score (nSPS) is 21.0. The Labute approximate surface area is 153 Å². The molecule has 2 heterocycles. The van der Waals surface area contributed by atoms with E-state index in [-0.39, 0.29) is 18.4 Å². The first-order chi connectivity index (χ1) is 12.6. The van der Waals surface area contributed by atoms with E-state index in [1.54, 1.807) is 11.0 Å². The highest BCUT2D eigenvalue weighted by Crippen LogP contribution is 2.21. The fourth-order valence-electron chi connectivity index (χ4n) is 3.36. The predicted octanol–water partition coefficient (Wildman–Crippen LogP) is 0.496. The van der Waals surface area contributed by atoms with Crippen LogP contribution in [-0.2, 0) is 6.54 Å². The molecule has 0 bridgehead atoms. The number of carbonyl (C=O) groups excluding carboxylic acids is 1. The summed E-state index contributed by atoms with van der Waals surface area (Å²) >= 11 is 0. The molecule has 8 nitrogen and oxygen atoms in total. The first-order valence-electron chi connectivity index (χ1n) is 8.93. The van der Waals surface area contributed by atoms with Gasteiger partial charge in [-0.3, -0.25) is 4.79 Å². The van der Waals surface area contributed by atoms with E-state index in [4.69, 9.17) is 0 Å². The van der Waals surface area contributed by atoms with Crippen molar-refractivity contribution in [2.45, 2.75) is 25.4 Å². The average Bonchev–Trinajstić information content (AvgIpc) is 3.05. The van der Waals surface area contributed by atoms with Gasteiger partial charge in [0.25, 0.3) is 5.91 Å². The third-order valence-electron chi connectivity index (χ3n) is 5.03. The smallest absolute Gasteiger partial charge is 0.253 e. The van der Waals surface area contributed by atoms with Gasteiger partial charge in [0.05, 0.1) is 6.54 Å². The van der Waals surface area contributed by atoms with Crippen LogP contribution in [0.4, 0.5) is 0 Å². The molecule has 8 heteroatoms. The summed E-state index contributed by atoms with van der Waals surface area (Å²) in [5.41, 5.74) is 1.70. The van der Waals surface area contributed by atoms with Gasteiger partial charge in [0.2, 0.25) is 0 Å². The lowest BCUT2D eigenvalue weighted by Crippen LogP contribution is -2.42. The Bertz CT molecular complexity index is 701. The van der Waals surface area contributed by atoms with Crippen LogP contribution in [0.2, 0.25) is 0 Å². The van der Waals surface area contributed by atoms with Crippen LogP contribution >= 0.6 is 0 Å². The number of carbonyl (C=O) groups is 1. The van der Waals surface area contributed by atoms with Gasteiger partial charge in [-0.1, -0.05) is 12.1 Å². The van der Waals surface area contributed by atoms with Crippen LogP contribution in [0.25, 0.3) is 0 Å². The molecule has 1 aromatic carbocycles. The van der Waals surface area contributed by atoms with E-state index in [9.17, 15) is 9.90 Å². The number of rotatable bonds is 5. The van der Waals surface area contributed by atoms with Crippen molar-refractivity contribution in [3.63, 3.8) is 0 Å². The lowest BCUT2D eigenvalue weighted by molar-refractivity contribution is 0.0689. The topological polar surface area (TPSA) is 87.4 Å². The lowest BCUT2D eigenvalue weighted by Gasteiger charge is -2.29. The van der Waals surface area contributed by atoms with Gasteiger partial charge < -0.3 is 14.9 Å². The zero-order valence-corrected chi connectivity index (χ0v) is 15.3. The molecule has 2 atom stereocenters. The molecule has 0 unspecified atom stereocenters. The van der Waals surface area contributed by atoms with Crippen molar-refractivity contribution in [2.24, 2.45) is 5.92 Å². The van der Waals surface area contributed by atoms with Gasteiger partial charge in [-0.2, -0.15) is 0 Å². The molecule has 0 spiro atoms. The second-order valence-electron chi connectivity index (χ2n) is 7.16. The van der Waals surface area contributed by atoms with E-state index in [1.165, 1.54) is 0 Å². The van der Waals surface area contributed by atoms with E-state index in [2.05, 4.69) is 20.4 Å². The standard InChI is InChI=1S/C18H26N6O2/c1-22(2)17-8-5-15(12-25)9-23(11-17)18(26)16-6-3-14(4-7-16)10-24-13-19-20-21-24/h3-4,6-7,13,15,17,25H,5,8-12H2,1-2H3/t15-,17+/m0/s1. The van der Waals surface area contributed by atoms with E-state index in [0.29, 0.717) is 31.2 Å². The van der Waals surface area contributed by atoms with E-state index < -0.39 is 0 Å². The maximum atomic E-state index is 13.0. The summed E-state index contributed by atoms with van der Waals surface area (Å²) in [7, 11) is 4.08. The number of amides is 1. The number of benzene rings is 1. The van der Waals surface area contributed by atoms with Crippen molar-refractivity contribution < 1.29 is 9.90 Å². The number of hydrogen-bond donors (Lipinski definition) is 1. The Morgan fingerprint density at radius 1 is 1.23 bits per heavy atom. The number of likely N-dealkylation sites (tertiary alicyclic amines) is 1. The van der Waals surface area contributed by atoms with Crippen LogP contribution in [0, 0.1) is 5.92 Å². The van der Waals surface area contributed by atoms with Gasteiger partial charge in [0, 0.05) is 31.3 Å². The maximum absolute atomic E-state index is 13.0. The fourth-order valence-corrected chi connectivity index (χ4v) is 3.36. The summed E-state index contributed by atoms with van der Waals surface area (Å²) in [6.45, 7) is 1.98. The van der Waals surface area contributed by atoms with Gasteiger partial charge in [-0.05, 0) is 61.0 Å². The number of hydrogen-bond acceptors (Lipinski definition) is 6. The van der Waals surface area contributed by atoms with Gasteiger partial charge in [0.15, 0.2) is 0 Å². The minimum absolute atomic E-state index is 0.0196. The summed E-state index contributed by atoms with van der Waals surface area (Å²) in [6.07, 6.45) is 3.49. The Kier molecular flexibility index (Phi) is 5.95. The molecule has 140 valence electrons. The monoisotopic (exact) mass is 358 g/mol. The van der Waals surface area contributed by atoms with Gasteiger partial charge in [-0.15, -0.1) is 5.10 Å². The minimum atomic E-state index is 0.0196. The Morgan fingerprint density at radius 2 is 2.00 bits per heavy atom. The number of likely N-dealkylation sites (N-methyl/N-ethyl adjacent to an activating group) is 1. The first kappa shape index (κ1) is 18.5. The highest BCUT2D eigenvalue weighted by atomic mass is 16.3. The summed E-state index contributed by atoms with van der Waals surface area (Å²) in [4.78, 5) is 17.0. The highest BCUT2D eigenvalue weighted by Gasteiger charge is 2.28. The molecular formula is C18H26N6O2. The largest absolute Gasteiger partial charge is 0.396 e. The van der Waals surface area contributed by atoms with Crippen LogP contribution in [-0.4, -0.2) is 80.9 Å². The van der Waals surface area contributed by atoms with Crippen LogP contribution in [0.3, 0.4) is 0 Å². The first-order valence-corrected chi connectivity index (χ1v) is 8.93. The zero-order chi connectivity index (χ0) is 18.5. The van der Waals surface area contributed by atoms with E-state index >= 15 is 0 Å². The van der Waals surface area contributed by atoms with Gasteiger partial charge >= 0.3 is 0 Å². The molecule has 1 fully saturated rings. The van der Waals surface area contributed by atoms with Crippen LogP contribution in [0.1, 0.15) is 28.8 Å². The van der Waals surface area contributed by atoms with Crippen LogP contribution in [0.5, 0.6) is 0 Å². The van der Waals surface area contributed by atoms with E-state index in [1.807, 2.05) is 43.3 Å². The number of tetrazole rings is 1. The molecule has 0 aliphatic carbocycles. The molecule has 26 heavy (non-hydrogen) atoms. The van der Waals surface area contributed by atoms with Crippen molar-refractivity contribution >= 4 is 5.91 Å². The third-order valence-corrected chi connectivity index (χ3v) is 5.03. The number of aliphatic hydroxyl groups excluding tert-OH is 1. The van der Waals surface area contributed by atoms with Crippen LogP contribution in [0.15, 0.2) is 30.6 Å². The predicted molar refractivity (Wildman–Crippen MR) is 96.5 cm³/mol. The quantitative estimate of drug-likeness (QED) is 0.837. The molecule has 1 saturated heterocycles. The zero-order valence-electron chi connectivity index (χ0n) is 15.3. The second-order valence-corrected chi connectivity index (χ2v) is 7.16. The summed E-state index contributed by atoms with van der Waals surface area (Å²) in [5.74, 6) is 0.161. The van der Waals surface area contributed by atoms with Gasteiger partial charge in [0.1, 0.15) is 6.33 Å². The second kappa shape index (κ2) is 8.37. The molecule has 1 aromatic heterocycles. The molecule has 1 aliphatic heterocycles. The SMILES string of the molecule is CN(C)[C@@H]1CC[C@H](CO)CN(C(=O)c2ccc(Cn3cnnn3)cc2)C1. The van der Waals surface area contributed by atoms with Crippen molar-refractivity contribution in [3.05, 3.63) is 41.7 Å². The molecule has 1 aliphatic rings. The average molecular weight is 358 g/mol. The molecule has 3 rings (SSSR count). The van der Waals surface area contributed by atoms with Crippen molar-refractivity contribution in [1.29, 1.82) is 0 Å². The van der Waals surface area contributed by atoms with Crippen molar-refractivity contribution in [2.75, 3.05) is 33.8 Å².